The molecule has 0 aromatic heterocycles. The number of methoxy groups -OCH3 is 1. The van der Waals surface area contributed by atoms with Gasteiger partial charge < -0.3 is 14.0 Å². The van der Waals surface area contributed by atoms with Crippen LogP contribution < -0.4 is 9.47 Å². The van der Waals surface area contributed by atoms with Crippen LogP contribution in [-0.4, -0.2) is 38.3 Å². The van der Waals surface area contributed by atoms with Crippen molar-refractivity contribution in [2.24, 2.45) is 0 Å². The molecule has 2 aliphatic heterocycles. The van der Waals surface area contributed by atoms with E-state index in [1.54, 1.807) is 7.11 Å². The number of quaternary nitrogens is 1. The van der Waals surface area contributed by atoms with Gasteiger partial charge in [0, 0.05) is 17.5 Å². The van der Waals surface area contributed by atoms with Gasteiger partial charge in [-0.1, -0.05) is 11.6 Å². The summed E-state index contributed by atoms with van der Waals surface area (Å²) in [4.78, 5) is 0. The second-order valence-electron chi connectivity index (χ2n) is 8.32. The Balaban J connectivity index is 2.04. The van der Waals surface area contributed by atoms with Gasteiger partial charge in [-0.3, -0.25) is 0 Å². The average molecular weight is 314 g/mol. The van der Waals surface area contributed by atoms with Crippen LogP contribution in [0, 0.1) is 6.92 Å². The van der Waals surface area contributed by atoms with Crippen molar-refractivity contribution >= 4 is 0 Å². The molecule has 0 saturated heterocycles. The summed E-state index contributed by atoms with van der Waals surface area (Å²) in [7, 11) is 6.46. The highest BCUT2D eigenvalue weighted by molar-refractivity contribution is 5.63. The van der Waals surface area contributed by atoms with E-state index in [1.165, 1.54) is 28.8 Å². The van der Waals surface area contributed by atoms with Gasteiger partial charge in [0.05, 0.1) is 33.2 Å². The molecular weight excluding hydrogens is 286 g/mol. The lowest BCUT2D eigenvalue weighted by atomic mass is 9.67. The predicted molar refractivity (Wildman–Crippen MR) is 92.1 cm³/mol. The summed E-state index contributed by atoms with van der Waals surface area (Å²) in [5.74, 6) is 1.93. The molecule has 0 fully saturated rings. The molecule has 3 heteroatoms. The Morgan fingerprint density at radius 1 is 1.30 bits per heavy atom. The van der Waals surface area contributed by atoms with E-state index in [0.29, 0.717) is 0 Å². The molecule has 0 bridgehead atoms. The molecule has 1 unspecified atom stereocenters. The van der Waals surface area contributed by atoms with E-state index in [1.807, 2.05) is 0 Å². The number of allylic oxidation sites excluding steroid dienone is 1. The molecule has 23 heavy (non-hydrogen) atoms. The first-order valence-electron chi connectivity index (χ1n) is 8.74. The molecule has 3 nitrogen and oxygen atoms in total. The molecule has 2 heterocycles. The molecule has 1 aromatic carbocycles. The van der Waals surface area contributed by atoms with Gasteiger partial charge in [0.15, 0.2) is 11.5 Å². The zero-order valence-corrected chi connectivity index (χ0v) is 15.0. The number of nitrogens with zero attached hydrogens (tertiary/aromatic N) is 1. The van der Waals surface area contributed by atoms with Gasteiger partial charge in [-0.25, -0.2) is 0 Å². The molecule has 0 radical (unpaired) electrons. The monoisotopic (exact) mass is 314 g/mol. The number of hydrogen-bond donors (Lipinski definition) is 0. The smallest absolute Gasteiger partial charge is 0.166 e. The summed E-state index contributed by atoms with van der Waals surface area (Å²) in [5, 5.41) is 0. The standard InChI is InChI=1S/C20H28NO2/c1-13-6-7-17-20(11-13)8-9-21(3,4)12-15-14(2)10-16(22-5)19(23-17)18(15)20/h10-11,17H,6-9,12H2,1-5H3/q+1/t17?,20-/m1/s1. The Bertz CT molecular complexity index is 704. The lowest BCUT2D eigenvalue weighted by Crippen LogP contribution is -2.43. The topological polar surface area (TPSA) is 18.5 Å². The number of hydrogen-bond acceptors (Lipinski definition) is 2. The quantitative estimate of drug-likeness (QED) is 0.581. The minimum absolute atomic E-state index is 0.0539. The van der Waals surface area contributed by atoms with Crippen molar-refractivity contribution in [3.05, 3.63) is 34.4 Å². The van der Waals surface area contributed by atoms with Gasteiger partial charge in [0.2, 0.25) is 0 Å². The number of aryl methyl sites for hydroxylation is 1. The molecule has 0 N–H and O–H groups in total. The van der Waals surface area contributed by atoms with Gasteiger partial charge >= 0.3 is 0 Å². The molecule has 0 amide bonds. The van der Waals surface area contributed by atoms with Crippen molar-refractivity contribution in [1.82, 2.24) is 0 Å². The highest BCUT2D eigenvalue weighted by atomic mass is 16.5. The first-order valence-corrected chi connectivity index (χ1v) is 8.74. The second-order valence-corrected chi connectivity index (χ2v) is 8.32. The van der Waals surface area contributed by atoms with Gasteiger partial charge in [0.1, 0.15) is 12.6 Å². The summed E-state index contributed by atoms with van der Waals surface area (Å²) in [6.45, 7) is 6.76. The van der Waals surface area contributed by atoms with E-state index in [-0.39, 0.29) is 11.5 Å². The van der Waals surface area contributed by atoms with Crippen LogP contribution in [0.1, 0.15) is 42.9 Å². The molecule has 1 spiro atoms. The van der Waals surface area contributed by atoms with Crippen molar-refractivity contribution in [2.45, 2.75) is 51.2 Å². The molecule has 124 valence electrons. The van der Waals surface area contributed by atoms with Crippen molar-refractivity contribution in [2.75, 3.05) is 27.7 Å². The number of benzene rings is 1. The van der Waals surface area contributed by atoms with Crippen molar-refractivity contribution in [3.63, 3.8) is 0 Å². The van der Waals surface area contributed by atoms with E-state index in [2.05, 4.69) is 40.1 Å². The third kappa shape index (κ3) is 2.06. The third-order valence-corrected chi connectivity index (χ3v) is 6.12. The summed E-state index contributed by atoms with van der Waals surface area (Å²) < 4.78 is 13.2. The van der Waals surface area contributed by atoms with Crippen LogP contribution in [0.25, 0.3) is 0 Å². The van der Waals surface area contributed by atoms with Crippen molar-refractivity contribution in [3.8, 4) is 11.5 Å². The van der Waals surface area contributed by atoms with Crippen LogP contribution >= 0.6 is 0 Å². The van der Waals surface area contributed by atoms with Crippen LogP contribution in [0.3, 0.4) is 0 Å². The van der Waals surface area contributed by atoms with E-state index >= 15 is 0 Å². The van der Waals surface area contributed by atoms with Crippen LogP contribution in [-0.2, 0) is 12.0 Å². The van der Waals surface area contributed by atoms with Crippen molar-refractivity contribution < 1.29 is 14.0 Å². The predicted octanol–water partition coefficient (Wildman–Crippen LogP) is 3.72. The van der Waals surface area contributed by atoms with Crippen LogP contribution in [0.5, 0.6) is 11.5 Å². The SMILES string of the molecule is COc1cc(C)c2c3c1OC1CCC(C)=C[C@@]31CC[N+](C)(C)C2. The van der Waals surface area contributed by atoms with Crippen LogP contribution in [0.2, 0.25) is 0 Å². The summed E-state index contributed by atoms with van der Waals surface area (Å²) in [6.07, 6.45) is 6.23. The van der Waals surface area contributed by atoms with Gasteiger partial charge in [0.25, 0.3) is 0 Å². The second kappa shape index (κ2) is 4.76. The molecule has 2 atom stereocenters. The average Bonchev–Trinajstić information content (AvgIpc) is 2.76. The Labute approximate surface area is 139 Å². The van der Waals surface area contributed by atoms with Gasteiger partial charge in [-0.15, -0.1) is 0 Å². The normalized spacial score (nSPS) is 30.7. The first-order chi connectivity index (χ1) is 10.9. The lowest BCUT2D eigenvalue weighted by Gasteiger charge is -2.36. The fourth-order valence-electron chi connectivity index (χ4n) is 4.88. The summed E-state index contributed by atoms with van der Waals surface area (Å²) >= 11 is 0. The molecule has 1 aromatic rings. The van der Waals surface area contributed by atoms with Gasteiger partial charge in [-0.05, 0) is 38.3 Å². The largest absolute Gasteiger partial charge is 0.493 e. The van der Waals surface area contributed by atoms with Gasteiger partial charge in [-0.2, -0.15) is 0 Å². The van der Waals surface area contributed by atoms with Crippen LogP contribution in [0.4, 0.5) is 0 Å². The maximum Gasteiger partial charge on any atom is 0.166 e. The van der Waals surface area contributed by atoms with E-state index in [4.69, 9.17) is 9.47 Å². The minimum Gasteiger partial charge on any atom is -0.493 e. The molecular formula is C20H28NO2+. The zero-order chi connectivity index (χ0) is 16.4. The Morgan fingerprint density at radius 2 is 2.09 bits per heavy atom. The summed E-state index contributed by atoms with van der Waals surface area (Å²) in [6, 6.07) is 2.17. The lowest BCUT2D eigenvalue weighted by molar-refractivity contribution is -0.903. The highest BCUT2D eigenvalue weighted by Gasteiger charge is 2.54. The van der Waals surface area contributed by atoms with E-state index < -0.39 is 0 Å². The number of rotatable bonds is 1. The molecule has 3 aliphatic rings. The molecule has 4 rings (SSSR count). The maximum absolute atomic E-state index is 6.50. The first kappa shape index (κ1) is 15.1. The fraction of sp³-hybridized carbons (Fsp3) is 0.600. The third-order valence-electron chi connectivity index (χ3n) is 6.12. The molecule has 0 saturated carbocycles. The highest BCUT2D eigenvalue weighted by Crippen LogP contribution is 2.57. The Kier molecular flexibility index (Phi) is 3.12. The van der Waals surface area contributed by atoms with E-state index in [0.717, 1.165) is 41.8 Å². The van der Waals surface area contributed by atoms with Crippen molar-refractivity contribution in [1.29, 1.82) is 0 Å². The Morgan fingerprint density at radius 3 is 2.83 bits per heavy atom. The Hall–Kier alpha value is -1.48. The summed E-state index contributed by atoms with van der Waals surface area (Å²) in [5.41, 5.74) is 5.82. The molecule has 1 aliphatic carbocycles. The minimum atomic E-state index is 0.0539. The zero-order valence-electron chi connectivity index (χ0n) is 15.0. The number of ether oxygens (including phenoxy) is 2. The van der Waals surface area contributed by atoms with Crippen LogP contribution in [0.15, 0.2) is 17.7 Å². The maximum atomic E-state index is 6.50. The van der Waals surface area contributed by atoms with E-state index in [9.17, 15) is 0 Å². The fourth-order valence-corrected chi connectivity index (χ4v) is 4.88.